The molecule has 0 aliphatic heterocycles. The predicted molar refractivity (Wildman–Crippen MR) is 118 cm³/mol. The number of ether oxygens (including phenoxy) is 1. The van der Waals surface area contributed by atoms with Crippen LogP contribution in [0.4, 0.5) is 0 Å². The van der Waals surface area contributed by atoms with E-state index in [9.17, 15) is 0 Å². The average molecular weight is 386 g/mol. The first-order chi connectivity index (χ1) is 13.7. The summed E-state index contributed by atoms with van der Waals surface area (Å²) in [4.78, 5) is 7.79. The number of aromatic nitrogens is 1. The first-order valence-corrected chi connectivity index (χ1v) is 10.7. The lowest BCUT2D eigenvalue weighted by molar-refractivity contribution is 0.415. The van der Waals surface area contributed by atoms with E-state index < -0.39 is 0 Å². The van der Waals surface area contributed by atoms with Crippen molar-refractivity contribution in [1.29, 1.82) is 0 Å². The maximum absolute atomic E-state index is 5.43. The molecule has 1 atom stereocenters. The van der Waals surface area contributed by atoms with Gasteiger partial charge in [-0.1, -0.05) is 49.4 Å². The van der Waals surface area contributed by atoms with Crippen LogP contribution in [0.1, 0.15) is 23.8 Å². The number of benzene rings is 2. The third-order valence-corrected chi connectivity index (χ3v) is 6.86. The summed E-state index contributed by atoms with van der Waals surface area (Å²) in [6.07, 6.45) is 3.61. The topological polar surface area (TPSA) is 22.1 Å². The van der Waals surface area contributed by atoms with E-state index in [-0.39, 0.29) is 0 Å². The number of nitrogens with zero attached hydrogens (tertiary/aromatic N) is 1. The maximum Gasteiger partial charge on any atom is 0.125 e. The molecule has 4 aromatic rings. The van der Waals surface area contributed by atoms with E-state index in [2.05, 4.69) is 55.5 Å². The van der Waals surface area contributed by atoms with Gasteiger partial charge in [0.15, 0.2) is 0 Å². The van der Waals surface area contributed by atoms with Crippen molar-refractivity contribution >= 4 is 21.6 Å². The predicted octanol–water partition coefficient (Wildman–Crippen LogP) is 6.76. The highest BCUT2D eigenvalue weighted by molar-refractivity contribution is 7.19. The summed E-state index contributed by atoms with van der Waals surface area (Å²) in [5.41, 5.74) is 6.20. The lowest BCUT2D eigenvalue weighted by Gasteiger charge is -2.18. The lowest BCUT2D eigenvalue weighted by atomic mass is 9.87. The zero-order valence-corrected chi connectivity index (χ0v) is 17.1. The summed E-state index contributed by atoms with van der Waals surface area (Å²) in [6, 6.07) is 21.2. The Morgan fingerprint density at radius 1 is 1.00 bits per heavy atom. The molecule has 0 amide bonds. The van der Waals surface area contributed by atoms with Crippen molar-refractivity contribution in [2.75, 3.05) is 7.11 Å². The molecule has 2 aromatic heterocycles. The van der Waals surface area contributed by atoms with Gasteiger partial charge in [-0.25, -0.2) is 4.98 Å². The van der Waals surface area contributed by atoms with E-state index in [0.29, 0.717) is 0 Å². The van der Waals surface area contributed by atoms with Gasteiger partial charge in [-0.3, -0.25) is 0 Å². The highest BCUT2D eigenvalue weighted by Crippen LogP contribution is 2.43. The molecule has 5 rings (SSSR count). The Morgan fingerprint density at radius 2 is 1.82 bits per heavy atom. The van der Waals surface area contributed by atoms with Crippen LogP contribution in [0.5, 0.6) is 5.75 Å². The first kappa shape index (κ1) is 17.4. The van der Waals surface area contributed by atoms with E-state index in [4.69, 9.17) is 9.72 Å². The van der Waals surface area contributed by atoms with Gasteiger partial charge < -0.3 is 4.74 Å². The van der Waals surface area contributed by atoms with Crippen molar-refractivity contribution < 1.29 is 4.74 Å². The number of thiophene rings is 1. The SMILES string of the molecule is COc1cccc(-c2cc(-c3ccccc3)c3c4c(sc3n2)CC(C)CC4)c1. The van der Waals surface area contributed by atoms with Crippen molar-refractivity contribution in [3.63, 3.8) is 0 Å². The van der Waals surface area contributed by atoms with Gasteiger partial charge in [0.1, 0.15) is 10.6 Å². The van der Waals surface area contributed by atoms with Crippen molar-refractivity contribution in [2.24, 2.45) is 5.92 Å². The normalized spacial score (nSPS) is 16.1. The summed E-state index contributed by atoms with van der Waals surface area (Å²) in [6.45, 7) is 2.36. The Balaban J connectivity index is 1.78. The number of hydrogen-bond acceptors (Lipinski definition) is 3. The summed E-state index contributed by atoms with van der Waals surface area (Å²) in [5.74, 6) is 1.62. The molecule has 140 valence electrons. The second kappa shape index (κ2) is 7.06. The molecule has 2 heterocycles. The Bertz CT molecular complexity index is 1150. The molecule has 0 saturated heterocycles. The molecule has 1 aliphatic carbocycles. The lowest BCUT2D eigenvalue weighted by Crippen LogP contribution is -2.08. The van der Waals surface area contributed by atoms with Gasteiger partial charge >= 0.3 is 0 Å². The Labute approximate surface area is 169 Å². The minimum atomic E-state index is 0.763. The van der Waals surface area contributed by atoms with Gasteiger partial charge in [0.05, 0.1) is 12.8 Å². The molecule has 3 heteroatoms. The summed E-state index contributed by atoms with van der Waals surface area (Å²) in [5, 5.41) is 1.37. The molecule has 0 radical (unpaired) electrons. The molecular formula is C25H23NOS. The van der Waals surface area contributed by atoms with Crippen LogP contribution in [0, 0.1) is 5.92 Å². The standard InChI is InChI=1S/C25H23NOS/c1-16-11-12-20-23(13-16)28-25-24(20)21(17-7-4-3-5-8-17)15-22(26-25)18-9-6-10-19(14-18)27-2/h3-10,14-16H,11-13H2,1-2H3. The number of methoxy groups -OCH3 is 1. The van der Waals surface area contributed by atoms with E-state index >= 15 is 0 Å². The van der Waals surface area contributed by atoms with Crippen molar-refractivity contribution in [3.05, 3.63) is 71.1 Å². The molecule has 0 N–H and O–H groups in total. The largest absolute Gasteiger partial charge is 0.497 e. The fraction of sp³-hybridized carbons (Fsp3) is 0.240. The van der Waals surface area contributed by atoms with Crippen LogP contribution in [-0.4, -0.2) is 12.1 Å². The fourth-order valence-corrected chi connectivity index (χ4v) is 5.63. The zero-order chi connectivity index (χ0) is 19.1. The van der Waals surface area contributed by atoms with Gasteiger partial charge in [-0.05, 0) is 60.1 Å². The monoisotopic (exact) mass is 385 g/mol. The molecule has 28 heavy (non-hydrogen) atoms. The molecule has 1 aliphatic rings. The molecular weight excluding hydrogens is 362 g/mol. The first-order valence-electron chi connectivity index (χ1n) is 9.88. The van der Waals surface area contributed by atoms with Crippen LogP contribution < -0.4 is 4.74 Å². The number of rotatable bonds is 3. The maximum atomic E-state index is 5.43. The highest BCUT2D eigenvalue weighted by atomic mass is 32.1. The van der Waals surface area contributed by atoms with Crippen molar-refractivity contribution in [1.82, 2.24) is 4.98 Å². The van der Waals surface area contributed by atoms with Crippen LogP contribution in [0.15, 0.2) is 60.7 Å². The Morgan fingerprint density at radius 3 is 2.64 bits per heavy atom. The van der Waals surface area contributed by atoms with E-state index in [1.807, 2.05) is 23.5 Å². The van der Waals surface area contributed by atoms with Gasteiger partial charge in [-0.2, -0.15) is 0 Å². The van der Waals surface area contributed by atoms with Crippen molar-refractivity contribution in [2.45, 2.75) is 26.2 Å². The minimum Gasteiger partial charge on any atom is -0.497 e. The molecule has 2 aromatic carbocycles. The smallest absolute Gasteiger partial charge is 0.125 e. The number of hydrogen-bond donors (Lipinski definition) is 0. The van der Waals surface area contributed by atoms with Crippen LogP contribution >= 0.6 is 11.3 Å². The Hall–Kier alpha value is -2.65. The van der Waals surface area contributed by atoms with Crippen LogP contribution in [0.3, 0.4) is 0 Å². The van der Waals surface area contributed by atoms with E-state index in [1.54, 1.807) is 7.11 Å². The fourth-order valence-electron chi connectivity index (χ4n) is 4.22. The third-order valence-electron chi connectivity index (χ3n) is 5.72. The van der Waals surface area contributed by atoms with Gasteiger partial charge in [0.25, 0.3) is 0 Å². The van der Waals surface area contributed by atoms with Crippen LogP contribution in [-0.2, 0) is 12.8 Å². The molecule has 1 unspecified atom stereocenters. The molecule has 0 bridgehead atoms. The second-order valence-electron chi connectivity index (χ2n) is 7.68. The zero-order valence-electron chi connectivity index (χ0n) is 16.2. The highest BCUT2D eigenvalue weighted by Gasteiger charge is 2.23. The Kier molecular flexibility index (Phi) is 4.40. The third kappa shape index (κ3) is 3.00. The van der Waals surface area contributed by atoms with Gasteiger partial charge in [0, 0.05) is 15.8 Å². The summed E-state index contributed by atoms with van der Waals surface area (Å²) >= 11 is 1.89. The van der Waals surface area contributed by atoms with Crippen molar-refractivity contribution in [3.8, 4) is 28.1 Å². The average Bonchev–Trinajstić information content (AvgIpc) is 3.11. The van der Waals surface area contributed by atoms with Gasteiger partial charge in [0.2, 0.25) is 0 Å². The second-order valence-corrected chi connectivity index (χ2v) is 8.77. The van der Waals surface area contributed by atoms with Crippen LogP contribution in [0.25, 0.3) is 32.6 Å². The van der Waals surface area contributed by atoms with E-state index in [1.165, 1.54) is 44.6 Å². The number of aryl methyl sites for hydroxylation is 1. The molecule has 0 saturated carbocycles. The van der Waals surface area contributed by atoms with E-state index in [0.717, 1.165) is 29.3 Å². The molecule has 2 nitrogen and oxygen atoms in total. The minimum absolute atomic E-state index is 0.763. The summed E-state index contributed by atoms with van der Waals surface area (Å²) in [7, 11) is 1.71. The number of pyridine rings is 1. The number of fused-ring (bicyclic) bond motifs is 3. The molecule has 0 fully saturated rings. The summed E-state index contributed by atoms with van der Waals surface area (Å²) < 4.78 is 5.43. The molecule has 0 spiro atoms. The van der Waals surface area contributed by atoms with Gasteiger partial charge in [-0.15, -0.1) is 11.3 Å². The quantitative estimate of drug-likeness (QED) is 0.388. The van der Waals surface area contributed by atoms with Crippen LogP contribution in [0.2, 0.25) is 0 Å².